The molecule has 1 heterocycles. The van der Waals surface area contributed by atoms with Crippen molar-refractivity contribution in [2.24, 2.45) is 4.99 Å². The molecule has 170 valence electrons. The molecule has 31 heavy (non-hydrogen) atoms. The average Bonchev–Trinajstić information content (AvgIpc) is 3.23. The predicted octanol–water partition coefficient (Wildman–Crippen LogP) is -1.15. The summed E-state index contributed by atoms with van der Waals surface area (Å²) in [6.07, 6.45) is 0.922. The fraction of sp³-hybridized carbons (Fsp3) is 0.474. The highest BCUT2D eigenvalue weighted by molar-refractivity contribution is 6.01. The number of phenols is 2. The summed E-state index contributed by atoms with van der Waals surface area (Å²) in [7, 11) is 0. The number of benzene rings is 1. The molecule has 0 fully saturated rings. The quantitative estimate of drug-likeness (QED) is 0.115. The topological polar surface area (TPSA) is 181 Å². The van der Waals surface area contributed by atoms with E-state index in [4.69, 9.17) is 4.74 Å². The number of unbranched alkanes of at least 4 members (excludes halogenated alkanes) is 1. The molecule has 2 rings (SSSR count). The minimum atomic E-state index is -1.20. The molecule has 12 nitrogen and oxygen atoms in total. The predicted molar refractivity (Wildman–Crippen MR) is 106 cm³/mol. The number of nitrogens with one attached hydrogen (secondary N) is 2. The normalized spacial score (nSPS) is 16.1. The standard InChI is InChI=1S/C19H26N4O8/c1-11(25)23(30)8-3-2-7-20-17(28)13(9-24)21-18(29)14-10-31-19(22-14)12-5-4-6-15(26)16(12)27/h4-6,13-14,24,26-27,30H,2-3,7-10H2,1H3,(H,20,28)(H,21,29). The van der Waals surface area contributed by atoms with Crippen molar-refractivity contribution < 1.29 is 39.6 Å². The van der Waals surface area contributed by atoms with Gasteiger partial charge in [-0.05, 0) is 25.0 Å². The van der Waals surface area contributed by atoms with E-state index in [1.54, 1.807) is 0 Å². The average molecular weight is 438 g/mol. The van der Waals surface area contributed by atoms with Crippen molar-refractivity contribution in [2.45, 2.75) is 31.8 Å². The van der Waals surface area contributed by atoms with E-state index in [1.165, 1.54) is 25.1 Å². The molecular weight excluding hydrogens is 412 g/mol. The summed E-state index contributed by atoms with van der Waals surface area (Å²) in [4.78, 5) is 39.5. The molecule has 3 amide bonds. The largest absolute Gasteiger partial charge is 0.504 e. The number of nitrogens with zero attached hydrogens (tertiary/aromatic N) is 2. The number of hydrogen-bond acceptors (Lipinski definition) is 9. The monoisotopic (exact) mass is 438 g/mol. The van der Waals surface area contributed by atoms with Crippen molar-refractivity contribution in [2.75, 3.05) is 26.3 Å². The van der Waals surface area contributed by atoms with Crippen molar-refractivity contribution >= 4 is 23.6 Å². The number of phenolic OH excluding ortho intramolecular Hbond substituents is 2. The second kappa shape index (κ2) is 11.1. The third-order valence-corrected chi connectivity index (χ3v) is 4.47. The maximum atomic E-state index is 12.4. The van der Waals surface area contributed by atoms with Crippen LogP contribution in [0, 0.1) is 0 Å². The van der Waals surface area contributed by atoms with Gasteiger partial charge in [-0.25, -0.2) is 10.1 Å². The molecule has 0 aromatic heterocycles. The molecule has 0 saturated heterocycles. The van der Waals surface area contributed by atoms with Crippen LogP contribution in [0.4, 0.5) is 0 Å². The number of rotatable bonds is 10. The van der Waals surface area contributed by atoms with E-state index >= 15 is 0 Å². The number of carbonyl (C=O) groups excluding carboxylic acids is 3. The summed E-state index contributed by atoms with van der Waals surface area (Å²) in [5, 5.41) is 43.7. The van der Waals surface area contributed by atoms with Crippen molar-refractivity contribution in [3.8, 4) is 11.5 Å². The summed E-state index contributed by atoms with van der Waals surface area (Å²) in [6, 6.07) is 2.03. The number of amides is 3. The van der Waals surface area contributed by atoms with Gasteiger partial charge in [0, 0.05) is 20.0 Å². The highest BCUT2D eigenvalue weighted by Gasteiger charge is 2.31. The number of carbonyl (C=O) groups is 3. The van der Waals surface area contributed by atoms with Crippen LogP contribution in [0.15, 0.2) is 23.2 Å². The van der Waals surface area contributed by atoms with Crippen LogP contribution in [0.5, 0.6) is 11.5 Å². The lowest BCUT2D eigenvalue weighted by Crippen LogP contribution is -2.51. The third kappa shape index (κ3) is 6.55. The fourth-order valence-corrected chi connectivity index (χ4v) is 2.70. The van der Waals surface area contributed by atoms with Crippen LogP contribution in [0.1, 0.15) is 25.3 Å². The second-order valence-corrected chi connectivity index (χ2v) is 6.82. The lowest BCUT2D eigenvalue weighted by molar-refractivity contribution is -0.162. The van der Waals surface area contributed by atoms with E-state index in [0.717, 1.165) is 0 Å². The number of hydroxylamine groups is 2. The number of aliphatic imine (C=N–C) groups is 1. The molecular formula is C19H26N4O8. The summed E-state index contributed by atoms with van der Waals surface area (Å²) >= 11 is 0. The Bertz CT molecular complexity index is 844. The van der Waals surface area contributed by atoms with Gasteiger partial charge >= 0.3 is 0 Å². The van der Waals surface area contributed by atoms with Gasteiger partial charge in [-0.2, -0.15) is 0 Å². The van der Waals surface area contributed by atoms with E-state index < -0.39 is 42.2 Å². The van der Waals surface area contributed by atoms with Gasteiger partial charge < -0.3 is 30.7 Å². The Morgan fingerprint density at radius 2 is 2.03 bits per heavy atom. The zero-order valence-corrected chi connectivity index (χ0v) is 16.9. The van der Waals surface area contributed by atoms with E-state index in [2.05, 4.69) is 15.6 Å². The van der Waals surface area contributed by atoms with E-state index in [1.807, 2.05) is 0 Å². The van der Waals surface area contributed by atoms with Crippen LogP contribution in [-0.4, -0.2) is 87.6 Å². The second-order valence-electron chi connectivity index (χ2n) is 6.82. The molecule has 2 atom stereocenters. The highest BCUT2D eigenvalue weighted by Crippen LogP contribution is 2.30. The Kier molecular flexibility index (Phi) is 8.58. The molecule has 1 aliphatic rings. The number of aromatic hydroxyl groups is 2. The van der Waals surface area contributed by atoms with Gasteiger partial charge in [0.1, 0.15) is 12.6 Å². The Morgan fingerprint density at radius 3 is 2.71 bits per heavy atom. The van der Waals surface area contributed by atoms with Crippen molar-refractivity contribution in [1.29, 1.82) is 0 Å². The first-order chi connectivity index (χ1) is 14.7. The summed E-state index contributed by atoms with van der Waals surface area (Å²) in [5.74, 6) is -2.54. The molecule has 2 unspecified atom stereocenters. The summed E-state index contributed by atoms with van der Waals surface area (Å²) in [5.41, 5.74) is 0.123. The van der Waals surface area contributed by atoms with Crippen LogP contribution in [0.2, 0.25) is 0 Å². The Morgan fingerprint density at radius 1 is 1.29 bits per heavy atom. The van der Waals surface area contributed by atoms with Crippen molar-refractivity contribution in [3.63, 3.8) is 0 Å². The first-order valence-electron chi connectivity index (χ1n) is 9.62. The van der Waals surface area contributed by atoms with E-state index in [0.29, 0.717) is 17.9 Å². The van der Waals surface area contributed by atoms with Crippen LogP contribution < -0.4 is 10.6 Å². The Balaban J connectivity index is 1.84. The van der Waals surface area contributed by atoms with Gasteiger partial charge in [-0.3, -0.25) is 19.6 Å². The van der Waals surface area contributed by atoms with Crippen molar-refractivity contribution in [3.05, 3.63) is 23.8 Å². The third-order valence-electron chi connectivity index (χ3n) is 4.47. The molecule has 1 aliphatic heterocycles. The van der Waals surface area contributed by atoms with Gasteiger partial charge in [-0.1, -0.05) is 6.07 Å². The number of ether oxygens (including phenoxy) is 1. The molecule has 0 aliphatic carbocycles. The summed E-state index contributed by atoms with van der Waals surface area (Å²) in [6.45, 7) is 0.809. The molecule has 0 spiro atoms. The number of hydrogen-bond donors (Lipinski definition) is 6. The molecule has 0 bridgehead atoms. The van der Waals surface area contributed by atoms with E-state index in [9.17, 15) is 34.9 Å². The summed E-state index contributed by atoms with van der Waals surface area (Å²) < 4.78 is 5.32. The first kappa shape index (κ1) is 23.9. The maximum Gasteiger partial charge on any atom is 0.249 e. The van der Waals surface area contributed by atoms with Gasteiger partial charge in [0.15, 0.2) is 17.5 Å². The van der Waals surface area contributed by atoms with Crippen molar-refractivity contribution in [1.82, 2.24) is 15.7 Å². The van der Waals surface area contributed by atoms with Gasteiger partial charge in [0.2, 0.25) is 23.6 Å². The van der Waals surface area contributed by atoms with Gasteiger partial charge in [0.25, 0.3) is 0 Å². The first-order valence-corrected chi connectivity index (χ1v) is 9.62. The zero-order valence-electron chi connectivity index (χ0n) is 16.9. The molecule has 6 N–H and O–H groups in total. The van der Waals surface area contributed by atoms with Crippen LogP contribution >= 0.6 is 0 Å². The minimum Gasteiger partial charge on any atom is -0.504 e. The highest BCUT2D eigenvalue weighted by atomic mass is 16.5. The maximum absolute atomic E-state index is 12.4. The lowest BCUT2D eigenvalue weighted by Gasteiger charge is -2.17. The molecule has 1 aromatic rings. The van der Waals surface area contributed by atoms with Crippen LogP contribution in [0.25, 0.3) is 0 Å². The molecule has 12 heteroatoms. The molecule has 1 aromatic carbocycles. The number of aliphatic hydroxyl groups excluding tert-OH is 1. The van der Waals surface area contributed by atoms with Gasteiger partial charge in [0.05, 0.1) is 12.2 Å². The number of para-hydroxylation sites is 1. The Labute approximate surface area is 178 Å². The fourth-order valence-electron chi connectivity index (χ4n) is 2.70. The van der Waals surface area contributed by atoms with E-state index in [-0.39, 0.29) is 36.9 Å². The lowest BCUT2D eigenvalue weighted by atomic mass is 10.2. The Hall–Kier alpha value is -3.38. The smallest absolute Gasteiger partial charge is 0.249 e. The minimum absolute atomic E-state index is 0.0259. The molecule has 0 radical (unpaired) electrons. The number of aliphatic hydroxyl groups is 1. The van der Waals surface area contributed by atoms with Crippen LogP contribution in [-0.2, 0) is 19.1 Å². The zero-order chi connectivity index (χ0) is 23.0. The van der Waals surface area contributed by atoms with Crippen LogP contribution in [0.3, 0.4) is 0 Å². The molecule has 0 saturated carbocycles. The SMILES string of the molecule is CC(=O)N(O)CCCCNC(=O)C(CO)NC(=O)C1COC(c2cccc(O)c2O)=N1. The van der Waals surface area contributed by atoms with Gasteiger partial charge in [-0.15, -0.1) is 0 Å².